The van der Waals surface area contributed by atoms with Gasteiger partial charge in [-0.3, -0.25) is 4.98 Å². The highest BCUT2D eigenvalue weighted by atomic mass is 19.4. The fraction of sp³-hybridized carbons (Fsp3) is 0.478. The number of halogens is 3. The number of carbonyl (C=O) groups is 1. The van der Waals surface area contributed by atoms with Gasteiger partial charge < -0.3 is 24.1 Å². The number of rotatable bonds is 7. The first-order valence-corrected chi connectivity index (χ1v) is 11.1. The minimum Gasteiger partial charge on any atom is -0.494 e. The highest BCUT2D eigenvalue weighted by Crippen LogP contribution is 2.57. The smallest absolute Gasteiger partial charge is 0.396 e. The number of urea groups is 1. The maximum Gasteiger partial charge on any atom is 0.396 e. The molecule has 4 rings (SSSR count). The quantitative estimate of drug-likeness (QED) is 0.530. The van der Waals surface area contributed by atoms with Crippen LogP contribution in [0, 0.1) is 5.41 Å². The molecule has 0 aliphatic heterocycles. The molecule has 0 radical (unpaired) electrons. The monoisotopic (exact) mass is 492 g/mol. The molecule has 3 aromatic heterocycles. The number of nitrogens with zero attached hydrogens (tertiary/aromatic N) is 5. The lowest BCUT2D eigenvalue weighted by molar-refractivity contribution is -0.183. The lowest BCUT2D eigenvalue weighted by Crippen LogP contribution is -2.44. The van der Waals surface area contributed by atoms with Crippen molar-refractivity contribution in [3.8, 4) is 22.9 Å². The van der Waals surface area contributed by atoms with Gasteiger partial charge in [0.1, 0.15) is 5.75 Å². The van der Waals surface area contributed by atoms with Crippen molar-refractivity contribution in [2.24, 2.45) is 5.41 Å². The number of alkyl halides is 3. The van der Waals surface area contributed by atoms with Crippen LogP contribution in [-0.4, -0.2) is 63.3 Å². The van der Waals surface area contributed by atoms with Gasteiger partial charge in [0, 0.05) is 36.7 Å². The summed E-state index contributed by atoms with van der Waals surface area (Å²) in [6.45, 7) is 4.92. The normalized spacial score (nSPS) is 20.4. The number of hydrogen-bond acceptors (Lipinski definition) is 6. The number of imidazole rings is 1. The van der Waals surface area contributed by atoms with E-state index < -0.39 is 29.7 Å². The van der Waals surface area contributed by atoms with Crippen molar-refractivity contribution in [2.45, 2.75) is 45.5 Å². The number of fused-ring (bicyclic) bond motifs is 1. The third-order valence-electron chi connectivity index (χ3n) is 6.60. The van der Waals surface area contributed by atoms with Crippen LogP contribution >= 0.6 is 0 Å². The maximum absolute atomic E-state index is 13.2. The minimum absolute atomic E-state index is 0.136. The Morgan fingerprint density at radius 1 is 1.34 bits per heavy atom. The highest BCUT2D eigenvalue weighted by molar-refractivity contribution is 5.76. The van der Waals surface area contributed by atoms with Crippen molar-refractivity contribution in [1.29, 1.82) is 0 Å². The van der Waals surface area contributed by atoms with Gasteiger partial charge in [-0.15, -0.1) is 0 Å². The summed E-state index contributed by atoms with van der Waals surface area (Å²) < 4.78 is 52.3. The van der Waals surface area contributed by atoms with Crippen LogP contribution in [-0.2, 0) is 0 Å². The van der Waals surface area contributed by atoms with Crippen LogP contribution in [0.4, 0.5) is 18.0 Å². The van der Waals surface area contributed by atoms with Crippen LogP contribution in [0.25, 0.3) is 16.9 Å². The fourth-order valence-electron chi connectivity index (χ4n) is 4.09. The highest BCUT2D eigenvalue weighted by Gasteiger charge is 2.68. The molecule has 188 valence electrons. The van der Waals surface area contributed by atoms with Crippen molar-refractivity contribution < 1.29 is 27.4 Å². The largest absolute Gasteiger partial charge is 0.494 e. The molecule has 0 bridgehead atoms. The standard InChI is InChI=1S/C23H27F3N6O3/c1-6-32(21(33)30-18-10-22(18,3)23(24,25)26)13(2)15-9-14(17(34-4)11-28-15)16-12-31-8-7-27-19(31)20(29-16)35-5/h7-9,11-13,18H,6,10H2,1-5H3,(H,30,33)/t13-,18+,22-/m1/s1. The van der Waals surface area contributed by atoms with E-state index in [1.165, 1.54) is 25.3 Å². The van der Waals surface area contributed by atoms with Crippen LogP contribution in [0.3, 0.4) is 0 Å². The van der Waals surface area contributed by atoms with E-state index in [1.807, 2.05) is 0 Å². The molecule has 0 unspecified atom stereocenters. The molecule has 3 aromatic rings. The van der Waals surface area contributed by atoms with Crippen molar-refractivity contribution in [3.05, 3.63) is 36.5 Å². The number of ether oxygens (including phenoxy) is 2. The van der Waals surface area contributed by atoms with Crippen LogP contribution in [0.1, 0.15) is 38.9 Å². The summed E-state index contributed by atoms with van der Waals surface area (Å²) in [7, 11) is 3.01. The number of pyridine rings is 1. The Labute approximate surface area is 200 Å². The second-order valence-corrected chi connectivity index (χ2v) is 8.69. The molecule has 0 saturated heterocycles. The van der Waals surface area contributed by atoms with Crippen molar-refractivity contribution in [3.63, 3.8) is 0 Å². The van der Waals surface area contributed by atoms with Gasteiger partial charge in [0.05, 0.1) is 43.3 Å². The van der Waals surface area contributed by atoms with Crippen LogP contribution in [0.2, 0.25) is 0 Å². The third-order valence-corrected chi connectivity index (χ3v) is 6.60. The lowest BCUT2D eigenvalue weighted by Gasteiger charge is -2.29. The predicted octanol–water partition coefficient (Wildman–Crippen LogP) is 4.24. The van der Waals surface area contributed by atoms with Crippen LogP contribution in [0.5, 0.6) is 11.6 Å². The summed E-state index contributed by atoms with van der Waals surface area (Å²) in [5.74, 6) is 0.786. The van der Waals surface area contributed by atoms with Gasteiger partial charge >= 0.3 is 12.2 Å². The van der Waals surface area contributed by atoms with E-state index >= 15 is 0 Å². The third kappa shape index (κ3) is 4.32. The molecule has 1 aliphatic carbocycles. The second-order valence-electron chi connectivity index (χ2n) is 8.69. The molecular formula is C23H27F3N6O3. The Bertz CT molecular complexity index is 1250. The number of hydrogen-bond donors (Lipinski definition) is 1. The molecule has 0 aromatic carbocycles. The Morgan fingerprint density at radius 3 is 2.69 bits per heavy atom. The van der Waals surface area contributed by atoms with E-state index in [4.69, 9.17) is 9.47 Å². The summed E-state index contributed by atoms with van der Waals surface area (Å²) >= 11 is 0. The van der Waals surface area contributed by atoms with E-state index in [1.54, 1.807) is 42.9 Å². The number of aromatic nitrogens is 4. The molecule has 0 spiro atoms. The van der Waals surface area contributed by atoms with Crippen LogP contribution in [0.15, 0.2) is 30.9 Å². The topological polar surface area (TPSA) is 93.9 Å². The van der Waals surface area contributed by atoms with Crippen molar-refractivity contribution >= 4 is 11.7 Å². The van der Waals surface area contributed by atoms with Gasteiger partial charge in [-0.25, -0.2) is 14.8 Å². The first kappa shape index (κ1) is 24.6. The zero-order valence-corrected chi connectivity index (χ0v) is 20.1. The molecule has 3 heterocycles. The van der Waals surface area contributed by atoms with E-state index in [9.17, 15) is 18.0 Å². The fourth-order valence-corrected chi connectivity index (χ4v) is 4.09. The van der Waals surface area contributed by atoms with E-state index in [0.29, 0.717) is 34.2 Å². The molecule has 35 heavy (non-hydrogen) atoms. The second kappa shape index (κ2) is 8.90. The Balaban J connectivity index is 1.63. The van der Waals surface area contributed by atoms with E-state index in [0.717, 1.165) is 6.92 Å². The summed E-state index contributed by atoms with van der Waals surface area (Å²) in [4.78, 5) is 27.5. The van der Waals surface area contributed by atoms with Crippen LogP contribution < -0.4 is 14.8 Å². The number of amides is 2. The Kier molecular flexibility index (Phi) is 6.24. The van der Waals surface area contributed by atoms with Gasteiger partial charge in [-0.2, -0.15) is 13.2 Å². The van der Waals surface area contributed by atoms with Gasteiger partial charge in [0.2, 0.25) is 0 Å². The van der Waals surface area contributed by atoms with Gasteiger partial charge in [0.15, 0.2) is 5.65 Å². The maximum atomic E-state index is 13.2. The van der Waals surface area contributed by atoms with Crippen molar-refractivity contribution in [1.82, 2.24) is 29.6 Å². The first-order valence-electron chi connectivity index (χ1n) is 11.1. The van der Waals surface area contributed by atoms with E-state index in [-0.39, 0.29) is 13.0 Å². The Morgan fingerprint density at radius 2 is 2.09 bits per heavy atom. The Hall–Kier alpha value is -3.57. The molecule has 3 atom stereocenters. The molecule has 2 amide bonds. The predicted molar refractivity (Wildman–Crippen MR) is 121 cm³/mol. The molecule has 9 nitrogen and oxygen atoms in total. The van der Waals surface area contributed by atoms with Gasteiger partial charge in [0.25, 0.3) is 5.88 Å². The molecular weight excluding hydrogens is 465 g/mol. The SMILES string of the molecule is CCN(C(=O)N[C@H]1C[C@@]1(C)C(F)(F)F)[C@H](C)c1cc(-c2cn3ccnc3c(OC)n2)c(OC)cn1. The zero-order chi connectivity index (χ0) is 25.5. The molecule has 1 fully saturated rings. The molecule has 12 heteroatoms. The lowest BCUT2D eigenvalue weighted by atomic mass is 10.1. The summed E-state index contributed by atoms with van der Waals surface area (Å²) in [6, 6.07) is -0.300. The van der Waals surface area contributed by atoms with Crippen molar-refractivity contribution in [2.75, 3.05) is 20.8 Å². The summed E-state index contributed by atoms with van der Waals surface area (Å²) in [5.41, 5.74) is 0.331. The molecule has 1 aliphatic rings. The van der Waals surface area contributed by atoms with Gasteiger partial charge in [-0.1, -0.05) is 0 Å². The zero-order valence-electron chi connectivity index (χ0n) is 20.1. The molecule has 1 N–H and O–H groups in total. The minimum atomic E-state index is -4.37. The average Bonchev–Trinajstić information content (AvgIpc) is 3.26. The summed E-state index contributed by atoms with van der Waals surface area (Å²) in [6.07, 6.45) is 2.18. The first-order chi connectivity index (χ1) is 16.5. The number of carbonyl (C=O) groups excluding carboxylic acids is 1. The summed E-state index contributed by atoms with van der Waals surface area (Å²) in [5, 5.41) is 2.53. The molecule has 1 saturated carbocycles. The van der Waals surface area contributed by atoms with Gasteiger partial charge in [-0.05, 0) is 33.3 Å². The number of nitrogens with one attached hydrogen (secondary N) is 1. The average molecular weight is 493 g/mol. The number of methoxy groups -OCH3 is 2. The van der Waals surface area contributed by atoms with E-state index in [2.05, 4.69) is 20.3 Å².